The van der Waals surface area contributed by atoms with Crippen molar-refractivity contribution in [3.63, 3.8) is 0 Å². The van der Waals surface area contributed by atoms with Crippen LogP contribution in [0, 0.1) is 0 Å². The average molecular weight is 785 g/mol. The fourth-order valence-electron chi connectivity index (χ4n) is 8.13. The highest BCUT2D eigenvalue weighted by molar-refractivity contribution is 5.73. The summed E-state index contributed by atoms with van der Waals surface area (Å²) in [6, 6.07) is 0. The molecule has 0 aromatic heterocycles. The second-order valence-electron chi connectivity index (χ2n) is 17.7. The molecule has 4 N–H and O–H groups in total. The van der Waals surface area contributed by atoms with Crippen molar-refractivity contribution in [2.24, 2.45) is 11.5 Å². The average Bonchev–Trinajstić information content (AvgIpc) is 3.18. The first-order valence-electron chi connectivity index (χ1n) is 25.5. The van der Waals surface area contributed by atoms with E-state index in [1.807, 2.05) is 0 Å². The third-order valence-electron chi connectivity index (χ3n) is 11.9. The van der Waals surface area contributed by atoms with Gasteiger partial charge in [0, 0.05) is 12.8 Å². The van der Waals surface area contributed by atoms with E-state index in [1.54, 1.807) is 0 Å². The monoisotopic (exact) mass is 785 g/mol. The molecule has 0 aromatic rings. The lowest BCUT2D eigenvalue weighted by atomic mass is 10.0. The molecule has 0 aliphatic rings. The maximum Gasteiger partial charge on any atom is 0.217 e. The number of carbonyl (C=O) groups is 2. The smallest absolute Gasteiger partial charge is 0.217 e. The van der Waals surface area contributed by atoms with E-state index in [2.05, 4.69) is 24.3 Å². The van der Waals surface area contributed by atoms with Gasteiger partial charge >= 0.3 is 0 Å². The third kappa shape index (κ3) is 52.4. The van der Waals surface area contributed by atoms with Crippen molar-refractivity contribution < 1.29 is 9.59 Å². The third-order valence-corrected chi connectivity index (χ3v) is 11.9. The molecule has 0 bridgehead atoms. The largest absolute Gasteiger partial charge is 0.370 e. The van der Waals surface area contributed by atoms with Gasteiger partial charge in [0.1, 0.15) is 0 Å². The van der Waals surface area contributed by atoms with Gasteiger partial charge in [-0.05, 0) is 64.2 Å². The molecule has 4 heteroatoms. The Hall–Kier alpha value is -1.58. The summed E-state index contributed by atoms with van der Waals surface area (Å²) in [5.74, 6) is -0.309. The number of carbonyl (C=O) groups excluding carboxylic acids is 2. The minimum Gasteiger partial charge on any atom is -0.370 e. The van der Waals surface area contributed by atoms with E-state index in [1.165, 1.54) is 257 Å². The van der Waals surface area contributed by atoms with Crippen LogP contribution in [0.25, 0.3) is 0 Å². The maximum atomic E-state index is 10.7. The van der Waals surface area contributed by atoms with Gasteiger partial charge in [-0.15, -0.1) is 0 Å². The van der Waals surface area contributed by atoms with Crippen molar-refractivity contribution in [2.45, 2.75) is 295 Å². The van der Waals surface area contributed by atoms with E-state index in [9.17, 15) is 9.59 Å². The Morgan fingerprint density at radius 3 is 0.482 bits per heavy atom. The Labute approximate surface area is 351 Å². The van der Waals surface area contributed by atoms with Crippen LogP contribution in [0.3, 0.4) is 0 Å². The van der Waals surface area contributed by atoms with Gasteiger partial charge in [0.2, 0.25) is 11.8 Å². The summed E-state index contributed by atoms with van der Waals surface area (Å²) < 4.78 is 0. The highest BCUT2D eigenvalue weighted by atomic mass is 16.1. The van der Waals surface area contributed by atoms with Crippen molar-refractivity contribution in [1.29, 1.82) is 0 Å². The summed E-state index contributed by atoms with van der Waals surface area (Å²) in [6.07, 6.45) is 70.8. The Morgan fingerprint density at radius 2 is 0.339 bits per heavy atom. The SMILES string of the molecule is NC(=O)CCCCCCCCCCC/C=C\CCCCCCCCCCCCCCCCCCCCCCCC/C=C\CCCCCCCCCCCC(N)=O. The number of nitrogens with two attached hydrogens (primary N) is 2. The van der Waals surface area contributed by atoms with E-state index in [4.69, 9.17) is 11.5 Å². The second-order valence-corrected chi connectivity index (χ2v) is 17.7. The minimum absolute atomic E-state index is 0.155. The van der Waals surface area contributed by atoms with Crippen molar-refractivity contribution in [1.82, 2.24) is 0 Å². The van der Waals surface area contributed by atoms with Crippen LogP contribution in [0.1, 0.15) is 295 Å². The molecule has 330 valence electrons. The zero-order valence-corrected chi connectivity index (χ0v) is 37.8. The molecule has 0 spiro atoms. The van der Waals surface area contributed by atoms with Crippen molar-refractivity contribution in [2.75, 3.05) is 0 Å². The first-order chi connectivity index (χ1) is 27.6. The van der Waals surface area contributed by atoms with Gasteiger partial charge in [0.15, 0.2) is 0 Å². The summed E-state index contributed by atoms with van der Waals surface area (Å²) >= 11 is 0. The van der Waals surface area contributed by atoms with Crippen molar-refractivity contribution in [3.8, 4) is 0 Å². The first kappa shape index (κ1) is 54.4. The van der Waals surface area contributed by atoms with Gasteiger partial charge in [-0.1, -0.05) is 243 Å². The topological polar surface area (TPSA) is 86.2 Å². The molecule has 0 aromatic carbocycles. The van der Waals surface area contributed by atoms with Crippen molar-refractivity contribution in [3.05, 3.63) is 24.3 Å². The zero-order chi connectivity index (χ0) is 40.5. The molecule has 0 aliphatic heterocycles. The molecular formula is C52H100N2O2. The Bertz CT molecular complexity index is 769. The van der Waals surface area contributed by atoms with Crippen LogP contribution in [0.5, 0.6) is 0 Å². The van der Waals surface area contributed by atoms with Gasteiger partial charge in [-0.2, -0.15) is 0 Å². The van der Waals surface area contributed by atoms with Crippen LogP contribution in [-0.2, 0) is 9.59 Å². The number of allylic oxidation sites excluding steroid dienone is 4. The molecule has 0 rings (SSSR count). The van der Waals surface area contributed by atoms with Crippen LogP contribution < -0.4 is 11.5 Å². The van der Waals surface area contributed by atoms with Gasteiger partial charge in [-0.3, -0.25) is 9.59 Å². The van der Waals surface area contributed by atoms with Gasteiger partial charge < -0.3 is 11.5 Å². The minimum atomic E-state index is -0.155. The lowest BCUT2D eigenvalue weighted by Crippen LogP contribution is -2.09. The summed E-state index contributed by atoms with van der Waals surface area (Å²) in [5, 5.41) is 0. The van der Waals surface area contributed by atoms with Gasteiger partial charge in [0.25, 0.3) is 0 Å². The molecule has 2 amide bonds. The van der Waals surface area contributed by atoms with Gasteiger partial charge in [-0.25, -0.2) is 0 Å². The van der Waals surface area contributed by atoms with Gasteiger partial charge in [0.05, 0.1) is 0 Å². The summed E-state index contributed by atoms with van der Waals surface area (Å²) in [7, 11) is 0. The summed E-state index contributed by atoms with van der Waals surface area (Å²) in [5.41, 5.74) is 10.4. The zero-order valence-electron chi connectivity index (χ0n) is 37.8. The van der Waals surface area contributed by atoms with E-state index in [-0.39, 0.29) is 11.8 Å². The molecule has 56 heavy (non-hydrogen) atoms. The summed E-state index contributed by atoms with van der Waals surface area (Å²) in [4.78, 5) is 21.5. The number of hydrogen-bond acceptors (Lipinski definition) is 2. The second kappa shape index (κ2) is 49.6. The quantitative estimate of drug-likeness (QED) is 0.0475. The van der Waals surface area contributed by atoms with E-state index < -0.39 is 0 Å². The highest BCUT2D eigenvalue weighted by Crippen LogP contribution is 2.17. The van der Waals surface area contributed by atoms with Crippen LogP contribution in [0.4, 0.5) is 0 Å². The van der Waals surface area contributed by atoms with E-state index in [0.717, 1.165) is 25.7 Å². The molecule has 4 nitrogen and oxygen atoms in total. The number of primary amides is 2. The lowest BCUT2D eigenvalue weighted by Gasteiger charge is -2.04. The number of rotatable bonds is 49. The van der Waals surface area contributed by atoms with E-state index >= 15 is 0 Å². The van der Waals surface area contributed by atoms with Crippen molar-refractivity contribution >= 4 is 11.8 Å². The highest BCUT2D eigenvalue weighted by Gasteiger charge is 1.99. The predicted octanol–water partition coefficient (Wildman–Crippen LogP) is 17.0. The maximum absolute atomic E-state index is 10.7. The van der Waals surface area contributed by atoms with Crippen LogP contribution in [-0.4, -0.2) is 11.8 Å². The Morgan fingerprint density at radius 1 is 0.214 bits per heavy atom. The fourth-order valence-corrected chi connectivity index (χ4v) is 8.13. The van der Waals surface area contributed by atoms with Crippen LogP contribution in [0.2, 0.25) is 0 Å². The molecule has 0 atom stereocenters. The van der Waals surface area contributed by atoms with E-state index in [0.29, 0.717) is 12.8 Å². The summed E-state index contributed by atoms with van der Waals surface area (Å²) in [6.45, 7) is 0. The molecule has 0 saturated carbocycles. The molecule has 0 unspecified atom stereocenters. The normalized spacial score (nSPS) is 11.8. The number of unbranched alkanes of at least 4 members (excludes halogenated alkanes) is 41. The molecule has 0 heterocycles. The van der Waals surface area contributed by atoms with Crippen LogP contribution in [0.15, 0.2) is 24.3 Å². The molecule has 0 radical (unpaired) electrons. The molecular weight excluding hydrogens is 685 g/mol. The molecule has 0 aliphatic carbocycles. The lowest BCUT2D eigenvalue weighted by molar-refractivity contribution is -0.119. The molecule has 0 fully saturated rings. The standard InChI is InChI=1S/C52H100N2O2/c53-51(55)49-47-45-43-41-39-37-35-33-31-29-27-25-23-21-19-17-15-13-11-9-7-5-3-1-2-4-6-8-10-12-14-16-18-20-22-24-26-28-30-32-34-36-38-40-42-44-46-48-50-52(54)56/h25-28H,1-24,29-50H2,(H2,53,55)(H2,54,56)/b27-25-,28-26-. The number of hydrogen-bond donors (Lipinski definition) is 2. The Kier molecular flexibility index (Phi) is 48.2. The predicted molar refractivity (Wildman–Crippen MR) is 249 cm³/mol. The fraction of sp³-hybridized carbons (Fsp3) is 0.885. The van der Waals surface area contributed by atoms with Crippen LogP contribution >= 0.6 is 0 Å². The number of amides is 2. The molecule has 0 saturated heterocycles. The Balaban J connectivity index is 3.13. The first-order valence-corrected chi connectivity index (χ1v) is 25.5.